The summed E-state index contributed by atoms with van der Waals surface area (Å²) in [5.74, 6) is -0.374. The van der Waals surface area contributed by atoms with Crippen LogP contribution in [0.2, 0.25) is 0 Å². The first-order valence-electron chi connectivity index (χ1n) is 8.35. The van der Waals surface area contributed by atoms with Crippen molar-refractivity contribution in [2.75, 3.05) is 20.6 Å². The minimum atomic E-state index is -3.92. The van der Waals surface area contributed by atoms with Crippen LogP contribution in [-0.4, -0.2) is 43.9 Å². The minimum absolute atomic E-state index is 0.0426. The molecule has 3 aromatic rings. The number of halogens is 1. The number of hydrogen-bond donors (Lipinski definition) is 3. The summed E-state index contributed by atoms with van der Waals surface area (Å²) >= 11 is 0. The summed E-state index contributed by atoms with van der Waals surface area (Å²) in [4.78, 5) is 29.4. The molecule has 28 heavy (non-hydrogen) atoms. The molecular formula is C18H19FN4O4S. The van der Waals surface area contributed by atoms with Gasteiger partial charge in [-0.1, -0.05) is 12.1 Å². The second-order valence-electron chi connectivity index (χ2n) is 6.50. The van der Waals surface area contributed by atoms with E-state index >= 15 is 0 Å². The van der Waals surface area contributed by atoms with E-state index in [4.69, 9.17) is 0 Å². The quantitative estimate of drug-likeness (QED) is 0.564. The summed E-state index contributed by atoms with van der Waals surface area (Å²) in [7, 11) is -0.347. The molecule has 0 aliphatic heterocycles. The van der Waals surface area contributed by atoms with Gasteiger partial charge in [-0.25, -0.2) is 22.3 Å². The lowest BCUT2D eigenvalue weighted by Gasteiger charge is -2.25. The highest BCUT2D eigenvalue weighted by Gasteiger charge is 2.20. The van der Waals surface area contributed by atoms with Crippen LogP contribution >= 0.6 is 0 Å². The zero-order valence-corrected chi connectivity index (χ0v) is 16.0. The average Bonchev–Trinajstić information content (AvgIpc) is 2.62. The molecule has 0 aliphatic rings. The Kier molecular flexibility index (Phi) is 5.45. The average molecular weight is 406 g/mol. The van der Waals surface area contributed by atoms with Crippen molar-refractivity contribution < 1.29 is 12.8 Å². The molecule has 8 nitrogen and oxygen atoms in total. The summed E-state index contributed by atoms with van der Waals surface area (Å²) < 4.78 is 41.1. The summed E-state index contributed by atoms with van der Waals surface area (Å²) in [6, 6.07) is 9.38. The van der Waals surface area contributed by atoms with Gasteiger partial charge in [0.1, 0.15) is 5.82 Å². The van der Waals surface area contributed by atoms with Gasteiger partial charge in [-0.05, 0) is 50.0 Å². The fourth-order valence-electron chi connectivity index (χ4n) is 2.87. The first kappa shape index (κ1) is 19.9. The molecule has 1 aromatic heterocycles. The van der Waals surface area contributed by atoms with Gasteiger partial charge in [0.15, 0.2) is 0 Å². The van der Waals surface area contributed by atoms with Crippen molar-refractivity contribution in [1.29, 1.82) is 0 Å². The van der Waals surface area contributed by atoms with E-state index in [1.807, 2.05) is 4.90 Å². The predicted octanol–water partition coefficient (Wildman–Crippen LogP) is 0.937. The topological polar surface area (TPSA) is 115 Å². The molecule has 10 heteroatoms. The van der Waals surface area contributed by atoms with Gasteiger partial charge in [-0.3, -0.25) is 9.78 Å². The van der Waals surface area contributed by atoms with Crippen LogP contribution in [0.3, 0.4) is 0 Å². The van der Waals surface area contributed by atoms with Gasteiger partial charge in [0.05, 0.1) is 15.8 Å². The molecule has 3 rings (SSSR count). The zero-order chi connectivity index (χ0) is 20.5. The summed E-state index contributed by atoms with van der Waals surface area (Å²) in [6.45, 7) is 0.0426. The minimum Gasteiger partial charge on any atom is -0.307 e. The lowest BCUT2D eigenvalue weighted by molar-refractivity contribution is 0.299. The van der Waals surface area contributed by atoms with E-state index in [0.717, 1.165) is 5.56 Å². The number of likely N-dealkylation sites (N-methyl/N-ethyl adjacent to an activating group) is 1. The SMILES string of the molecule is CN(C)[C@H](CNS(=O)(=O)c1ccc2[nH]c(=O)[nH]c(=O)c2c1)c1ccc(F)cc1. The molecule has 0 spiro atoms. The number of aromatic amines is 2. The number of hydrogen-bond acceptors (Lipinski definition) is 5. The van der Waals surface area contributed by atoms with Crippen molar-refractivity contribution in [3.8, 4) is 0 Å². The number of sulfonamides is 1. The van der Waals surface area contributed by atoms with Crippen molar-refractivity contribution in [3.05, 3.63) is 74.7 Å². The highest BCUT2D eigenvalue weighted by atomic mass is 32.2. The van der Waals surface area contributed by atoms with Gasteiger partial charge in [-0.2, -0.15) is 0 Å². The van der Waals surface area contributed by atoms with Crippen LogP contribution in [0.1, 0.15) is 11.6 Å². The third kappa shape index (κ3) is 4.19. The van der Waals surface area contributed by atoms with Crippen molar-refractivity contribution in [2.24, 2.45) is 0 Å². The van der Waals surface area contributed by atoms with Crippen LogP contribution in [0.25, 0.3) is 10.9 Å². The molecule has 0 radical (unpaired) electrons. The monoisotopic (exact) mass is 406 g/mol. The first-order chi connectivity index (χ1) is 13.2. The van der Waals surface area contributed by atoms with E-state index in [1.165, 1.54) is 30.3 Å². The standard InChI is InChI=1S/C18H19FN4O4S/c1-23(2)16(11-3-5-12(19)6-4-11)10-20-28(26,27)13-7-8-15-14(9-13)17(24)22-18(25)21-15/h3-9,16,20H,10H2,1-2H3,(H2,21,22,24,25)/t16-/m1/s1. The van der Waals surface area contributed by atoms with Gasteiger partial charge >= 0.3 is 5.69 Å². The number of rotatable bonds is 6. The van der Waals surface area contributed by atoms with Gasteiger partial charge in [-0.15, -0.1) is 0 Å². The van der Waals surface area contributed by atoms with E-state index in [-0.39, 0.29) is 34.2 Å². The lowest BCUT2D eigenvalue weighted by atomic mass is 10.1. The fraction of sp³-hybridized carbons (Fsp3) is 0.222. The van der Waals surface area contributed by atoms with Crippen molar-refractivity contribution in [3.63, 3.8) is 0 Å². The van der Waals surface area contributed by atoms with Crippen LogP contribution in [0, 0.1) is 5.82 Å². The lowest BCUT2D eigenvalue weighted by Crippen LogP contribution is -2.34. The molecule has 1 atom stereocenters. The summed E-state index contributed by atoms with van der Waals surface area (Å²) in [6.07, 6.45) is 0. The van der Waals surface area contributed by atoms with Crippen molar-refractivity contribution in [1.82, 2.24) is 19.6 Å². The van der Waals surface area contributed by atoms with E-state index in [2.05, 4.69) is 14.7 Å². The van der Waals surface area contributed by atoms with Gasteiger partial charge < -0.3 is 9.88 Å². The predicted molar refractivity (Wildman–Crippen MR) is 103 cm³/mol. The Morgan fingerprint density at radius 2 is 1.75 bits per heavy atom. The summed E-state index contributed by atoms with van der Waals surface area (Å²) in [5.41, 5.74) is -0.348. The molecule has 0 amide bonds. The molecule has 0 saturated carbocycles. The van der Waals surface area contributed by atoms with Crippen LogP contribution < -0.4 is 16.0 Å². The highest BCUT2D eigenvalue weighted by molar-refractivity contribution is 7.89. The Morgan fingerprint density at radius 3 is 2.39 bits per heavy atom. The third-order valence-electron chi connectivity index (χ3n) is 4.37. The zero-order valence-electron chi connectivity index (χ0n) is 15.2. The molecule has 0 saturated heterocycles. The van der Waals surface area contributed by atoms with Crippen LogP contribution in [-0.2, 0) is 10.0 Å². The van der Waals surface area contributed by atoms with Crippen molar-refractivity contribution in [2.45, 2.75) is 10.9 Å². The molecular weight excluding hydrogens is 387 g/mol. The van der Waals surface area contributed by atoms with Crippen molar-refractivity contribution >= 4 is 20.9 Å². The Bertz CT molecular complexity index is 1220. The number of H-pyrrole nitrogens is 2. The van der Waals surface area contributed by atoms with E-state index in [0.29, 0.717) is 0 Å². The maximum atomic E-state index is 13.2. The van der Waals surface area contributed by atoms with Gasteiger partial charge in [0.2, 0.25) is 10.0 Å². The normalized spacial score (nSPS) is 13.1. The Morgan fingerprint density at radius 1 is 1.07 bits per heavy atom. The molecule has 2 aromatic carbocycles. The Hall–Kier alpha value is -2.82. The Balaban J connectivity index is 1.88. The fourth-order valence-corrected chi connectivity index (χ4v) is 3.93. The molecule has 3 N–H and O–H groups in total. The second kappa shape index (κ2) is 7.66. The number of fused-ring (bicyclic) bond motifs is 1. The number of nitrogens with zero attached hydrogens (tertiary/aromatic N) is 1. The number of aromatic nitrogens is 2. The molecule has 1 heterocycles. The van der Waals surface area contributed by atoms with Crippen LogP contribution in [0.5, 0.6) is 0 Å². The number of nitrogens with one attached hydrogen (secondary N) is 3. The third-order valence-corrected chi connectivity index (χ3v) is 5.79. The Labute approximate surface area is 160 Å². The second-order valence-corrected chi connectivity index (χ2v) is 8.27. The van der Waals surface area contributed by atoms with E-state index < -0.39 is 21.3 Å². The smallest absolute Gasteiger partial charge is 0.307 e. The molecule has 0 aliphatic carbocycles. The summed E-state index contributed by atoms with van der Waals surface area (Å²) in [5, 5.41) is 0.0603. The maximum Gasteiger partial charge on any atom is 0.326 e. The van der Waals surface area contributed by atoms with Crippen LogP contribution in [0.4, 0.5) is 4.39 Å². The van der Waals surface area contributed by atoms with Gasteiger partial charge in [0, 0.05) is 12.6 Å². The van der Waals surface area contributed by atoms with Crippen LogP contribution in [0.15, 0.2) is 56.9 Å². The highest BCUT2D eigenvalue weighted by Crippen LogP contribution is 2.20. The van der Waals surface area contributed by atoms with Gasteiger partial charge in [0.25, 0.3) is 5.56 Å². The molecule has 0 fully saturated rings. The molecule has 0 unspecified atom stereocenters. The molecule has 148 valence electrons. The first-order valence-corrected chi connectivity index (χ1v) is 9.83. The maximum absolute atomic E-state index is 13.2. The van der Waals surface area contributed by atoms with E-state index in [9.17, 15) is 22.4 Å². The molecule has 0 bridgehead atoms. The number of benzene rings is 2. The van der Waals surface area contributed by atoms with E-state index in [1.54, 1.807) is 26.2 Å². The largest absolute Gasteiger partial charge is 0.326 e.